The summed E-state index contributed by atoms with van der Waals surface area (Å²) in [5.74, 6) is 2.67. The van der Waals surface area contributed by atoms with E-state index in [2.05, 4.69) is 40.1 Å². The first kappa shape index (κ1) is 12.7. The van der Waals surface area contributed by atoms with Crippen LogP contribution in [-0.2, 0) is 17.8 Å². The summed E-state index contributed by atoms with van der Waals surface area (Å²) in [6, 6.07) is 8.55. The fourth-order valence-corrected chi connectivity index (χ4v) is 1.98. The van der Waals surface area contributed by atoms with Gasteiger partial charge < -0.3 is 14.6 Å². The molecule has 18 heavy (non-hydrogen) atoms. The molecule has 1 aromatic carbocycles. The number of aromatic nitrogens is 1. The maximum absolute atomic E-state index is 5.37. The van der Waals surface area contributed by atoms with Gasteiger partial charge in [0.1, 0.15) is 0 Å². The number of hydrogen-bond donors (Lipinski definition) is 1. The molecule has 0 fully saturated rings. The van der Waals surface area contributed by atoms with E-state index in [-0.39, 0.29) is 0 Å². The van der Waals surface area contributed by atoms with Crippen molar-refractivity contribution >= 4 is 10.9 Å². The number of terminal acetylenes is 1. The number of benzene rings is 1. The predicted octanol–water partition coefficient (Wildman–Crippen LogP) is 2.01. The lowest BCUT2D eigenvalue weighted by atomic mass is 10.1. The van der Waals surface area contributed by atoms with Crippen LogP contribution in [0.4, 0.5) is 0 Å². The van der Waals surface area contributed by atoms with Crippen molar-refractivity contribution in [3.63, 3.8) is 0 Å². The Kier molecular flexibility index (Phi) is 4.40. The second-order valence-corrected chi connectivity index (χ2v) is 4.21. The van der Waals surface area contributed by atoms with Gasteiger partial charge in [-0.1, -0.05) is 18.1 Å². The summed E-state index contributed by atoms with van der Waals surface area (Å²) in [6.45, 7) is 3.06. The van der Waals surface area contributed by atoms with Crippen LogP contribution in [0, 0.1) is 12.3 Å². The zero-order valence-corrected chi connectivity index (χ0v) is 10.6. The number of ether oxygens (including phenoxy) is 1. The van der Waals surface area contributed by atoms with Gasteiger partial charge in [-0.15, -0.1) is 6.42 Å². The molecule has 0 bridgehead atoms. The normalized spacial score (nSPS) is 10.7. The topological polar surface area (TPSA) is 26.2 Å². The Balaban J connectivity index is 2.10. The van der Waals surface area contributed by atoms with Crippen LogP contribution in [0.5, 0.6) is 0 Å². The van der Waals surface area contributed by atoms with E-state index < -0.39 is 0 Å². The monoisotopic (exact) mass is 242 g/mol. The van der Waals surface area contributed by atoms with Gasteiger partial charge in [-0.3, -0.25) is 0 Å². The third-order valence-corrected chi connectivity index (χ3v) is 2.91. The van der Waals surface area contributed by atoms with Gasteiger partial charge in [0, 0.05) is 31.9 Å². The Morgan fingerprint density at radius 2 is 2.28 bits per heavy atom. The maximum Gasteiger partial charge on any atom is 0.0834 e. The van der Waals surface area contributed by atoms with Gasteiger partial charge in [0.15, 0.2) is 0 Å². The van der Waals surface area contributed by atoms with Crippen LogP contribution in [0.3, 0.4) is 0 Å². The van der Waals surface area contributed by atoms with E-state index in [9.17, 15) is 0 Å². The molecule has 94 valence electrons. The van der Waals surface area contributed by atoms with Crippen LogP contribution >= 0.6 is 0 Å². The van der Waals surface area contributed by atoms with Crippen molar-refractivity contribution in [1.29, 1.82) is 0 Å². The van der Waals surface area contributed by atoms with Crippen molar-refractivity contribution in [1.82, 2.24) is 9.88 Å². The highest BCUT2D eigenvalue weighted by atomic mass is 16.5. The van der Waals surface area contributed by atoms with Gasteiger partial charge in [-0.05, 0) is 23.1 Å². The quantitative estimate of drug-likeness (QED) is 0.619. The van der Waals surface area contributed by atoms with Crippen molar-refractivity contribution in [3.05, 3.63) is 36.0 Å². The molecule has 1 aromatic heterocycles. The molecule has 1 N–H and O–H groups in total. The number of fused-ring (bicyclic) bond motifs is 1. The van der Waals surface area contributed by atoms with Gasteiger partial charge in [0.25, 0.3) is 0 Å². The minimum Gasteiger partial charge on any atom is -0.383 e. The molecule has 0 saturated carbocycles. The average Bonchev–Trinajstić information content (AvgIpc) is 2.78. The smallest absolute Gasteiger partial charge is 0.0834 e. The maximum atomic E-state index is 5.37. The summed E-state index contributed by atoms with van der Waals surface area (Å²) < 4.78 is 7.09. The molecule has 0 radical (unpaired) electrons. The lowest BCUT2D eigenvalue weighted by molar-refractivity contribution is 0.199. The Morgan fingerprint density at radius 1 is 1.39 bits per heavy atom. The van der Waals surface area contributed by atoms with E-state index in [0.717, 1.165) is 19.7 Å². The largest absolute Gasteiger partial charge is 0.383 e. The first-order valence-electron chi connectivity index (χ1n) is 6.06. The molecular formula is C15H18N2O. The van der Waals surface area contributed by atoms with E-state index in [4.69, 9.17) is 11.2 Å². The van der Waals surface area contributed by atoms with Crippen LogP contribution in [0.1, 0.15) is 5.56 Å². The molecule has 3 heteroatoms. The minimum atomic E-state index is 0.615. The Bertz CT molecular complexity index is 551. The summed E-state index contributed by atoms with van der Waals surface area (Å²) >= 11 is 0. The summed E-state index contributed by atoms with van der Waals surface area (Å²) in [7, 11) is 1.71. The van der Waals surface area contributed by atoms with Crippen molar-refractivity contribution in [2.45, 2.75) is 13.1 Å². The third kappa shape index (κ3) is 2.92. The van der Waals surface area contributed by atoms with E-state index in [1.54, 1.807) is 7.11 Å². The molecule has 0 amide bonds. The van der Waals surface area contributed by atoms with Gasteiger partial charge in [-0.2, -0.15) is 0 Å². The summed E-state index contributed by atoms with van der Waals surface area (Å²) in [5, 5.41) is 4.56. The lowest BCUT2D eigenvalue weighted by Crippen LogP contribution is -2.18. The first-order valence-corrected chi connectivity index (χ1v) is 6.06. The third-order valence-electron chi connectivity index (χ3n) is 2.91. The highest BCUT2D eigenvalue weighted by Crippen LogP contribution is 2.17. The van der Waals surface area contributed by atoms with Gasteiger partial charge in [-0.25, -0.2) is 0 Å². The van der Waals surface area contributed by atoms with Crippen LogP contribution < -0.4 is 5.32 Å². The van der Waals surface area contributed by atoms with Gasteiger partial charge in [0.05, 0.1) is 13.2 Å². The lowest BCUT2D eigenvalue weighted by Gasteiger charge is -2.06. The molecule has 0 unspecified atom stereocenters. The summed E-state index contributed by atoms with van der Waals surface area (Å²) in [6.07, 6.45) is 7.40. The highest BCUT2D eigenvalue weighted by Gasteiger charge is 2.01. The molecule has 0 aliphatic carbocycles. The molecule has 0 saturated heterocycles. The second kappa shape index (κ2) is 6.25. The molecule has 0 atom stereocenters. The van der Waals surface area contributed by atoms with Gasteiger partial charge in [0.2, 0.25) is 0 Å². The fourth-order valence-electron chi connectivity index (χ4n) is 1.98. The molecule has 0 aliphatic rings. The van der Waals surface area contributed by atoms with Gasteiger partial charge >= 0.3 is 0 Å². The second-order valence-electron chi connectivity index (χ2n) is 4.21. The standard InChI is InChI=1S/C15H18N2O/c1-3-8-17-9-6-14-5-4-13(11-15(14)17)12-16-7-10-18-2/h1,4-6,9,11,16H,7-8,10,12H2,2H3. The zero-order chi connectivity index (χ0) is 12.8. The molecule has 1 heterocycles. The molecule has 0 spiro atoms. The van der Waals surface area contributed by atoms with Crippen LogP contribution in [0.25, 0.3) is 10.9 Å². The molecular weight excluding hydrogens is 224 g/mol. The predicted molar refractivity (Wildman–Crippen MR) is 74.4 cm³/mol. The zero-order valence-electron chi connectivity index (χ0n) is 10.6. The van der Waals surface area contributed by atoms with Crippen molar-refractivity contribution in [2.75, 3.05) is 20.3 Å². The van der Waals surface area contributed by atoms with Crippen molar-refractivity contribution < 1.29 is 4.74 Å². The van der Waals surface area contributed by atoms with E-state index in [1.165, 1.54) is 16.5 Å². The first-order chi connectivity index (χ1) is 8.85. The number of rotatable bonds is 6. The molecule has 3 nitrogen and oxygen atoms in total. The summed E-state index contributed by atoms with van der Waals surface area (Å²) in [4.78, 5) is 0. The van der Waals surface area contributed by atoms with Crippen molar-refractivity contribution in [3.8, 4) is 12.3 Å². The van der Waals surface area contributed by atoms with Crippen LogP contribution in [0.15, 0.2) is 30.5 Å². The summed E-state index contributed by atoms with van der Waals surface area (Å²) in [5.41, 5.74) is 2.45. The van der Waals surface area contributed by atoms with Crippen LogP contribution in [0.2, 0.25) is 0 Å². The number of hydrogen-bond acceptors (Lipinski definition) is 2. The fraction of sp³-hybridized carbons (Fsp3) is 0.333. The van der Waals surface area contributed by atoms with Crippen molar-refractivity contribution in [2.24, 2.45) is 0 Å². The molecule has 0 aliphatic heterocycles. The Labute approximate surface area is 108 Å². The number of methoxy groups -OCH3 is 1. The van der Waals surface area contributed by atoms with Crippen LogP contribution in [-0.4, -0.2) is 24.8 Å². The Hall–Kier alpha value is -1.76. The van der Waals surface area contributed by atoms with E-state index in [1.807, 2.05) is 6.20 Å². The number of nitrogens with one attached hydrogen (secondary N) is 1. The van der Waals surface area contributed by atoms with E-state index in [0.29, 0.717) is 6.54 Å². The van der Waals surface area contributed by atoms with E-state index >= 15 is 0 Å². The Morgan fingerprint density at radius 3 is 3.06 bits per heavy atom. The molecule has 2 aromatic rings. The molecule has 2 rings (SSSR count). The highest BCUT2D eigenvalue weighted by molar-refractivity contribution is 5.80. The minimum absolute atomic E-state index is 0.615. The number of nitrogens with zero attached hydrogens (tertiary/aromatic N) is 1. The SMILES string of the molecule is C#CCn1ccc2ccc(CNCCOC)cc21. The average molecular weight is 242 g/mol.